The van der Waals surface area contributed by atoms with E-state index in [2.05, 4.69) is 5.32 Å². The number of nitrogens with one attached hydrogen (secondary N) is 1. The second-order valence-electron chi connectivity index (χ2n) is 3.25. The van der Waals surface area contributed by atoms with Crippen molar-refractivity contribution in [3.63, 3.8) is 0 Å². The van der Waals surface area contributed by atoms with Crippen LogP contribution >= 0.6 is 0 Å². The van der Waals surface area contributed by atoms with Crippen LogP contribution in [0.1, 0.15) is 10.4 Å². The fraction of sp³-hybridized carbons (Fsp3) is 0.182. The van der Waals surface area contributed by atoms with Gasteiger partial charge in [0.25, 0.3) is 5.91 Å². The van der Waals surface area contributed by atoms with Crippen LogP contribution in [0.2, 0.25) is 0 Å². The average Bonchev–Trinajstić information content (AvgIpc) is 2.33. The molecule has 7 heteroatoms. The zero-order chi connectivity index (χ0) is 13.5. The number of nitrogens with two attached hydrogens (primary N) is 1. The van der Waals surface area contributed by atoms with E-state index in [0.29, 0.717) is 0 Å². The van der Waals surface area contributed by atoms with Crippen LogP contribution < -0.4 is 15.8 Å². The number of nitrogen functional groups attached to an aromatic ring is 1. The third-order valence-corrected chi connectivity index (χ3v) is 2.00. The Balaban J connectivity index is 2.74. The summed E-state index contributed by atoms with van der Waals surface area (Å²) in [5.41, 5.74) is 5.37. The van der Waals surface area contributed by atoms with Crippen molar-refractivity contribution in [2.24, 2.45) is 0 Å². The minimum Gasteiger partial charge on any atom is -0.483 e. The molecule has 0 spiro atoms. The van der Waals surface area contributed by atoms with Gasteiger partial charge in [-0.1, -0.05) is 6.07 Å². The number of carbonyl (C=O) groups excluding carboxylic acids is 1. The van der Waals surface area contributed by atoms with Crippen molar-refractivity contribution >= 4 is 17.6 Å². The first-order valence-corrected chi connectivity index (χ1v) is 4.94. The number of benzene rings is 1. The first-order chi connectivity index (χ1) is 8.56. The number of rotatable bonds is 5. The fourth-order valence-electron chi connectivity index (χ4n) is 1.23. The van der Waals surface area contributed by atoms with E-state index in [0.717, 1.165) is 0 Å². The number of nitriles is 1. The van der Waals surface area contributed by atoms with Gasteiger partial charge in [-0.15, -0.1) is 0 Å². The highest BCUT2D eigenvalue weighted by Gasteiger charge is 2.15. The zero-order valence-electron chi connectivity index (χ0n) is 9.34. The number of amides is 1. The molecule has 0 saturated heterocycles. The molecule has 1 rings (SSSR count). The molecule has 18 heavy (non-hydrogen) atoms. The first-order valence-electron chi connectivity index (χ1n) is 4.94. The van der Waals surface area contributed by atoms with Gasteiger partial charge in [0.15, 0.2) is 6.61 Å². The Labute approximate surface area is 103 Å². The molecule has 0 aliphatic rings. The molecule has 0 aliphatic heterocycles. The zero-order valence-corrected chi connectivity index (χ0v) is 9.34. The molecule has 0 aromatic heterocycles. The topological polar surface area (TPSA) is 125 Å². The van der Waals surface area contributed by atoms with E-state index in [1.54, 1.807) is 6.07 Å². The minimum atomic E-state index is -1.24. The number of nitrogens with zero attached hydrogens (tertiary/aromatic N) is 1. The van der Waals surface area contributed by atoms with Crippen molar-refractivity contribution < 1.29 is 19.4 Å². The van der Waals surface area contributed by atoms with Crippen LogP contribution in [0.3, 0.4) is 0 Å². The Morgan fingerprint density at radius 1 is 1.50 bits per heavy atom. The molecule has 0 atom stereocenters. The van der Waals surface area contributed by atoms with Gasteiger partial charge in [0.1, 0.15) is 17.9 Å². The molecular formula is C11H11N3O4. The number of hydrogen-bond acceptors (Lipinski definition) is 5. The Hall–Kier alpha value is -2.75. The lowest BCUT2D eigenvalue weighted by atomic mass is 10.1. The Bertz CT molecular complexity index is 508. The molecule has 7 nitrogen and oxygen atoms in total. The number of ether oxygens (including phenoxy) is 1. The molecule has 0 unspecified atom stereocenters. The SMILES string of the molecule is N#CCNC(=O)COc1cccc(N)c1C(=O)O. The maximum absolute atomic E-state index is 11.2. The molecule has 1 amide bonds. The number of hydrogen-bond donors (Lipinski definition) is 3. The molecule has 0 saturated carbocycles. The van der Waals surface area contributed by atoms with Gasteiger partial charge in [-0.25, -0.2) is 4.79 Å². The highest BCUT2D eigenvalue weighted by molar-refractivity contribution is 5.96. The van der Waals surface area contributed by atoms with Gasteiger partial charge < -0.3 is 20.9 Å². The van der Waals surface area contributed by atoms with Crippen LogP contribution in [0.25, 0.3) is 0 Å². The van der Waals surface area contributed by atoms with Crippen LogP contribution in [-0.2, 0) is 4.79 Å². The summed E-state index contributed by atoms with van der Waals surface area (Å²) in [4.78, 5) is 22.1. The first kappa shape index (κ1) is 13.3. The fourth-order valence-corrected chi connectivity index (χ4v) is 1.23. The summed E-state index contributed by atoms with van der Waals surface area (Å²) in [6.07, 6.45) is 0. The van der Waals surface area contributed by atoms with E-state index >= 15 is 0 Å². The Morgan fingerprint density at radius 2 is 2.22 bits per heavy atom. The van der Waals surface area contributed by atoms with Crippen molar-refractivity contribution in [3.8, 4) is 11.8 Å². The van der Waals surface area contributed by atoms with Crippen molar-refractivity contribution in [1.29, 1.82) is 5.26 Å². The molecule has 4 N–H and O–H groups in total. The molecule has 1 aromatic carbocycles. The van der Waals surface area contributed by atoms with Crippen molar-refractivity contribution in [2.75, 3.05) is 18.9 Å². The van der Waals surface area contributed by atoms with Gasteiger partial charge in [-0.05, 0) is 12.1 Å². The largest absolute Gasteiger partial charge is 0.483 e. The van der Waals surface area contributed by atoms with Crippen molar-refractivity contribution in [2.45, 2.75) is 0 Å². The summed E-state index contributed by atoms with van der Waals surface area (Å²) >= 11 is 0. The number of carboxylic acid groups (broad SMARTS) is 1. The van der Waals surface area contributed by atoms with E-state index in [1.807, 2.05) is 0 Å². The molecule has 0 fully saturated rings. The predicted molar refractivity (Wildman–Crippen MR) is 61.9 cm³/mol. The second kappa shape index (κ2) is 6.10. The quantitative estimate of drug-likeness (QED) is 0.497. The smallest absolute Gasteiger partial charge is 0.341 e. The van der Waals surface area contributed by atoms with Gasteiger partial charge in [0.2, 0.25) is 0 Å². The maximum atomic E-state index is 11.2. The molecular weight excluding hydrogens is 238 g/mol. The highest BCUT2D eigenvalue weighted by Crippen LogP contribution is 2.24. The molecule has 0 aliphatic carbocycles. The van der Waals surface area contributed by atoms with Crippen LogP contribution in [0.4, 0.5) is 5.69 Å². The van der Waals surface area contributed by atoms with Gasteiger partial charge in [-0.2, -0.15) is 5.26 Å². The van der Waals surface area contributed by atoms with E-state index in [9.17, 15) is 9.59 Å². The predicted octanol–water partition coefficient (Wildman–Crippen LogP) is -0.0144. The summed E-state index contributed by atoms with van der Waals surface area (Å²) in [6, 6.07) is 6.07. The molecule has 94 valence electrons. The lowest BCUT2D eigenvalue weighted by Crippen LogP contribution is -2.29. The lowest BCUT2D eigenvalue weighted by Gasteiger charge is -2.10. The van der Waals surface area contributed by atoms with Gasteiger partial charge in [-0.3, -0.25) is 4.79 Å². The third-order valence-electron chi connectivity index (χ3n) is 2.00. The number of carboxylic acids is 1. The van der Waals surface area contributed by atoms with E-state index in [4.69, 9.17) is 20.8 Å². The molecule has 0 heterocycles. The Morgan fingerprint density at radius 3 is 2.83 bits per heavy atom. The van der Waals surface area contributed by atoms with Gasteiger partial charge in [0, 0.05) is 5.69 Å². The third kappa shape index (κ3) is 3.38. The average molecular weight is 249 g/mol. The Kier molecular flexibility index (Phi) is 4.51. The van der Waals surface area contributed by atoms with Crippen molar-refractivity contribution in [1.82, 2.24) is 5.32 Å². The van der Waals surface area contributed by atoms with Gasteiger partial charge >= 0.3 is 5.97 Å². The molecule has 0 bridgehead atoms. The molecule has 1 aromatic rings. The van der Waals surface area contributed by atoms with Crippen LogP contribution in [0.15, 0.2) is 18.2 Å². The van der Waals surface area contributed by atoms with Crippen LogP contribution in [0.5, 0.6) is 5.75 Å². The number of anilines is 1. The molecule has 0 radical (unpaired) electrons. The summed E-state index contributed by atoms with van der Waals surface area (Å²) in [7, 11) is 0. The highest BCUT2D eigenvalue weighted by atomic mass is 16.5. The number of carbonyl (C=O) groups is 2. The lowest BCUT2D eigenvalue weighted by molar-refractivity contribution is -0.122. The van der Waals surface area contributed by atoms with Crippen LogP contribution in [0, 0.1) is 11.3 Å². The maximum Gasteiger partial charge on any atom is 0.341 e. The van der Waals surface area contributed by atoms with Crippen LogP contribution in [-0.4, -0.2) is 30.1 Å². The summed E-state index contributed by atoms with van der Waals surface area (Å²) in [5.74, 6) is -1.74. The minimum absolute atomic E-state index is 0.00890. The monoisotopic (exact) mass is 249 g/mol. The van der Waals surface area contributed by atoms with E-state index < -0.39 is 11.9 Å². The second-order valence-corrected chi connectivity index (χ2v) is 3.25. The van der Waals surface area contributed by atoms with Gasteiger partial charge in [0.05, 0.1) is 6.07 Å². The van der Waals surface area contributed by atoms with E-state index in [-0.39, 0.29) is 30.2 Å². The summed E-state index contributed by atoms with van der Waals surface area (Å²) in [5, 5.41) is 19.5. The number of aromatic carboxylic acids is 1. The van der Waals surface area contributed by atoms with E-state index in [1.165, 1.54) is 18.2 Å². The standard InChI is InChI=1S/C11H11N3O4/c12-4-5-14-9(15)6-18-8-3-1-2-7(13)10(8)11(16)17/h1-3H,5-6,13H2,(H,14,15)(H,16,17). The normalized spacial score (nSPS) is 9.28. The van der Waals surface area contributed by atoms with Crippen molar-refractivity contribution in [3.05, 3.63) is 23.8 Å². The summed E-state index contributed by atoms with van der Waals surface area (Å²) in [6.45, 7) is -0.518. The summed E-state index contributed by atoms with van der Waals surface area (Å²) < 4.78 is 5.06.